The number of aromatic nitrogens is 3. The Kier molecular flexibility index (Phi) is 6.17. The molecule has 1 amide bonds. The second-order valence-corrected chi connectivity index (χ2v) is 7.53. The molecule has 3 aromatic rings. The number of para-hydroxylation sites is 1. The van der Waals surface area contributed by atoms with E-state index in [0.29, 0.717) is 18.9 Å². The van der Waals surface area contributed by atoms with Crippen molar-refractivity contribution < 1.29 is 4.79 Å². The third-order valence-corrected chi connectivity index (χ3v) is 5.18. The molecule has 0 aliphatic carbocycles. The summed E-state index contributed by atoms with van der Waals surface area (Å²) in [6.07, 6.45) is 7.14. The molecule has 0 fully saturated rings. The lowest BCUT2D eigenvalue weighted by Gasteiger charge is -2.12. The molecule has 1 atom stereocenters. The van der Waals surface area contributed by atoms with E-state index in [1.54, 1.807) is 17.5 Å². The molecular formula is C19H24N4OS. The van der Waals surface area contributed by atoms with Crippen LogP contribution in [0.3, 0.4) is 0 Å². The third kappa shape index (κ3) is 5.39. The Balaban J connectivity index is 1.31. The molecule has 0 saturated carbocycles. The summed E-state index contributed by atoms with van der Waals surface area (Å²) in [6, 6.07) is 10.1. The zero-order valence-electron chi connectivity index (χ0n) is 14.5. The van der Waals surface area contributed by atoms with Gasteiger partial charge in [-0.2, -0.15) is 5.10 Å². The van der Waals surface area contributed by atoms with Crippen LogP contribution >= 0.6 is 11.3 Å². The first kappa shape index (κ1) is 17.6. The molecule has 132 valence electrons. The monoisotopic (exact) mass is 356 g/mol. The van der Waals surface area contributed by atoms with E-state index in [0.717, 1.165) is 36.3 Å². The van der Waals surface area contributed by atoms with Crippen molar-refractivity contribution in [3.8, 4) is 0 Å². The van der Waals surface area contributed by atoms with Crippen LogP contribution in [0.2, 0.25) is 0 Å². The number of nitrogens with zero attached hydrogens (tertiary/aromatic N) is 3. The van der Waals surface area contributed by atoms with Crippen LogP contribution in [0, 0.1) is 5.92 Å². The first-order valence-electron chi connectivity index (χ1n) is 8.79. The third-order valence-electron chi connectivity index (χ3n) is 4.09. The van der Waals surface area contributed by atoms with Gasteiger partial charge < -0.3 is 5.32 Å². The highest BCUT2D eigenvalue weighted by Gasteiger charge is 2.07. The fraction of sp³-hybridized carbons (Fsp3) is 0.421. The Labute approximate surface area is 152 Å². The van der Waals surface area contributed by atoms with Gasteiger partial charge in [0.2, 0.25) is 5.91 Å². The van der Waals surface area contributed by atoms with Gasteiger partial charge >= 0.3 is 0 Å². The van der Waals surface area contributed by atoms with Gasteiger partial charge in [0.05, 0.1) is 15.2 Å². The van der Waals surface area contributed by atoms with Gasteiger partial charge in [-0.05, 0) is 43.4 Å². The summed E-state index contributed by atoms with van der Waals surface area (Å²) >= 11 is 1.75. The van der Waals surface area contributed by atoms with Gasteiger partial charge in [0.1, 0.15) is 0 Å². The number of thiazole rings is 1. The predicted octanol–water partition coefficient (Wildman–Crippen LogP) is 3.66. The second kappa shape index (κ2) is 8.76. The smallest absolute Gasteiger partial charge is 0.220 e. The predicted molar refractivity (Wildman–Crippen MR) is 102 cm³/mol. The van der Waals surface area contributed by atoms with Crippen LogP contribution in [0.15, 0.2) is 42.7 Å². The first-order valence-corrected chi connectivity index (χ1v) is 9.61. The number of hydrogen-bond acceptors (Lipinski definition) is 4. The van der Waals surface area contributed by atoms with Crippen molar-refractivity contribution in [3.05, 3.63) is 47.7 Å². The van der Waals surface area contributed by atoms with E-state index < -0.39 is 0 Å². The molecule has 1 aromatic carbocycles. The maximum absolute atomic E-state index is 12.0. The number of carbonyl (C=O) groups excluding carboxylic acids is 1. The Hall–Kier alpha value is -2.21. The van der Waals surface area contributed by atoms with Crippen molar-refractivity contribution in [2.45, 2.75) is 39.2 Å². The summed E-state index contributed by atoms with van der Waals surface area (Å²) in [5.74, 6) is 0.503. The van der Waals surface area contributed by atoms with Crippen LogP contribution in [-0.4, -0.2) is 27.2 Å². The maximum Gasteiger partial charge on any atom is 0.220 e. The minimum Gasteiger partial charge on any atom is -0.356 e. The van der Waals surface area contributed by atoms with Crippen LogP contribution in [0.1, 0.15) is 31.2 Å². The van der Waals surface area contributed by atoms with Gasteiger partial charge in [0.15, 0.2) is 0 Å². The van der Waals surface area contributed by atoms with Crippen LogP contribution in [0.4, 0.5) is 0 Å². The number of aryl methyl sites for hydroxylation is 1. The number of unbranched alkanes of at least 4 members (excludes halogenated alkanes) is 1. The molecule has 2 heterocycles. The van der Waals surface area contributed by atoms with E-state index >= 15 is 0 Å². The summed E-state index contributed by atoms with van der Waals surface area (Å²) < 4.78 is 3.14. The van der Waals surface area contributed by atoms with Crippen molar-refractivity contribution in [2.24, 2.45) is 5.92 Å². The van der Waals surface area contributed by atoms with E-state index in [-0.39, 0.29) is 5.91 Å². The maximum atomic E-state index is 12.0. The fourth-order valence-electron chi connectivity index (χ4n) is 2.76. The Morgan fingerprint density at radius 2 is 2.16 bits per heavy atom. The number of carbonyl (C=O) groups is 1. The number of fused-ring (bicyclic) bond motifs is 1. The SMILES string of the molecule is CC(CNC(=O)CCCCc1nc2ccccc2s1)Cn1cccn1. The van der Waals surface area contributed by atoms with Crippen LogP contribution < -0.4 is 5.32 Å². The summed E-state index contributed by atoms with van der Waals surface area (Å²) in [4.78, 5) is 16.6. The Morgan fingerprint density at radius 3 is 2.96 bits per heavy atom. The highest BCUT2D eigenvalue weighted by atomic mass is 32.1. The molecule has 1 N–H and O–H groups in total. The van der Waals surface area contributed by atoms with E-state index in [2.05, 4.69) is 28.4 Å². The zero-order valence-corrected chi connectivity index (χ0v) is 15.3. The fourth-order valence-corrected chi connectivity index (χ4v) is 3.77. The minimum absolute atomic E-state index is 0.136. The van der Waals surface area contributed by atoms with Gasteiger partial charge in [-0.3, -0.25) is 9.48 Å². The first-order chi connectivity index (χ1) is 12.2. The minimum atomic E-state index is 0.136. The normalized spacial score (nSPS) is 12.4. The van der Waals surface area contributed by atoms with E-state index in [1.165, 1.54) is 4.70 Å². The number of rotatable bonds is 9. The zero-order chi connectivity index (χ0) is 17.5. The average Bonchev–Trinajstić information content (AvgIpc) is 3.25. The van der Waals surface area contributed by atoms with E-state index in [4.69, 9.17) is 0 Å². The van der Waals surface area contributed by atoms with Crippen LogP contribution in [0.5, 0.6) is 0 Å². The molecule has 1 unspecified atom stereocenters. The van der Waals surface area contributed by atoms with Gasteiger partial charge in [-0.1, -0.05) is 19.1 Å². The van der Waals surface area contributed by atoms with Gasteiger partial charge in [0.25, 0.3) is 0 Å². The molecule has 0 bridgehead atoms. The average molecular weight is 356 g/mol. The Morgan fingerprint density at radius 1 is 1.28 bits per heavy atom. The molecule has 0 aliphatic heterocycles. The van der Waals surface area contributed by atoms with Gasteiger partial charge in [0, 0.05) is 31.9 Å². The number of benzene rings is 1. The Bertz CT molecular complexity index is 764. The molecule has 0 saturated heterocycles. The largest absolute Gasteiger partial charge is 0.356 e. The lowest BCUT2D eigenvalue weighted by molar-refractivity contribution is -0.121. The molecule has 5 nitrogen and oxygen atoms in total. The highest BCUT2D eigenvalue weighted by Crippen LogP contribution is 2.22. The number of amides is 1. The summed E-state index contributed by atoms with van der Waals surface area (Å²) in [5, 5.41) is 8.37. The standard InChI is InChI=1S/C19H24N4OS/c1-15(14-23-12-6-11-21-23)13-20-18(24)9-4-5-10-19-22-16-7-2-3-8-17(16)25-19/h2-3,6-8,11-12,15H,4-5,9-10,13-14H2,1H3,(H,20,24). The van der Waals surface area contributed by atoms with Crippen molar-refractivity contribution in [2.75, 3.05) is 6.54 Å². The summed E-state index contributed by atoms with van der Waals surface area (Å²) in [5.41, 5.74) is 1.08. The number of hydrogen-bond donors (Lipinski definition) is 1. The summed E-state index contributed by atoms with van der Waals surface area (Å²) in [6.45, 7) is 3.64. The van der Waals surface area contributed by atoms with Crippen LogP contribution in [-0.2, 0) is 17.8 Å². The molecule has 0 radical (unpaired) electrons. The van der Waals surface area contributed by atoms with Crippen LogP contribution in [0.25, 0.3) is 10.2 Å². The van der Waals surface area contributed by atoms with Crippen molar-refractivity contribution in [1.82, 2.24) is 20.1 Å². The number of nitrogens with one attached hydrogen (secondary N) is 1. The van der Waals surface area contributed by atoms with E-state index in [9.17, 15) is 4.79 Å². The van der Waals surface area contributed by atoms with Gasteiger partial charge in [-0.25, -0.2) is 4.98 Å². The van der Waals surface area contributed by atoms with Crippen molar-refractivity contribution in [1.29, 1.82) is 0 Å². The lowest BCUT2D eigenvalue weighted by atomic mass is 10.1. The van der Waals surface area contributed by atoms with Gasteiger partial charge in [-0.15, -0.1) is 11.3 Å². The summed E-state index contributed by atoms with van der Waals surface area (Å²) in [7, 11) is 0. The highest BCUT2D eigenvalue weighted by molar-refractivity contribution is 7.18. The van der Waals surface area contributed by atoms with Crippen molar-refractivity contribution >= 4 is 27.5 Å². The molecular weight excluding hydrogens is 332 g/mol. The molecule has 0 spiro atoms. The molecule has 25 heavy (non-hydrogen) atoms. The quantitative estimate of drug-likeness (QED) is 0.595. The topological polar surface area (TPSA) is 59.8 Å². The lowest BCUT2D eigenvalue weighted by Crippen LogP contribution is -2.29. The second-order valence-electron chi connectivity index (χ2n) is 6.42. The van der Waals surface area contributed by atoms with E-state index in [1.807, 2.05) is 35.1 Å². The van der Waals surface area contributed by atoms with Crippen molar-refractivity contribution in [3.63, 3.8) is 0 Å². The molecule has 3 rings (SSSR count). The molecule has 0 aliphatic rings. The molecule has 6 heteroatoms. The molecule has 2 aromatic heterocycles.